The van der Waals surface area contributed by atoms with Crippen LogP contribution in [0.3, 0.4) is 0 Å². The second-order valence-electron chi connectivity index (χ2n) is 4.79. The van der Waals surface area contributed by atoms with E-state index < -0.39 is 0 Å². The van der Waals surface area contributed by atoms with E-state index >= 15 is 0 Å². The van der Waals surface area contributed by atoms with Gasteiger partial charge in [-0.25, -0.2) is 4.79 Å². The Hall–Kier alpha value is -2.36. The Morgan fingerprint density at radius 2 is 2.00 bits per heavy atom. The summed E-state index contributed by atoms with van der Waals surface area (Å²) in [6.07, 6.45) is 6.09. The van der Waals surface area contributed by atoms with Gasteiger partial charge in [-0.3, -0.25) is 4.68 Å². The van der Waals surface area contributed by atoms with Crippen molar-refractivity contribution in [2.45, 2.75) is 13.3 Å². The van der Waals surface area contributed by atoms with Crippen LogP contribution < -0.4 is 0 Å². The van der Waals surface area contributed by atoms with Crippen LogP contribution in [0.25, 0.3) is 11.1 Å². The number of rotatable bonds is 4. The highest BCUT2D eigenvalue weighted by molar-refractivity contribution is 5.82. The molecule has 0 unspecified atom stereocenters. The Labute approximate surface area is 118 Å². The number of hydrogen-bond donors (Lipinski definition) is 0. The molecule has 1 heterocycles. The van der Waals surface area contributed by atoms with Gasteiger partial charge in [-0.15, -0.1) is 0 Å². The highest BCUT2D eigenvalue weighted by Crippen LogP contribution is 2.19. The van der Waals surface area contributed by atoms with Crippen molar-refractivity contribution in [2.24, 2.45) is 7.05 Å². The van der Waals surface area contributed by atoms with Crippen LogP contribution in [0.4, 0.5) is 0 Å². The Balaban J connectivity index is 2.09. The monoisotopic (exact) mass is 270 g/mol. The first kappa shape index (κ1) is 14.1. The van der Waals surface area contributed by atoms with E-state index in [1.165, 1.54) is 13.2 Å². The van der Waals surface area contributed by atoms with Crippen LogP contribution in [0.5, 0.6) is 0 Å². The van der Waals surface area contributed by atoms with Gasteiger partial charge in [0.2, 0.25) is 0 Å². The van der Waals surface area contributed by atoms with Gasteiger partial charge in [-0.1, -0.05) is 29.8 Å². The fourth-order valence-corrected chi connectivity index (χ4v) is 2.02. The molecule has 0 aliphatic rings. The lowest BCUT2D eigenvalue weighted by Crippen LogP contribution is -1.97. The predicted molar refractivity (Wildman–Crippen MR) is 78.1 cm³/mol. The fourth-order valence-electron chi connectivity index (χ4n) is 2.02. The van der Waals surface area contributed by atoms with Crippen molar-refractivity contribution in [1.82, 2.24) is 9.78 Å². The number of methoxy groups -OCH3 is 1. The lowest BCUT2D eigenvalue weighted by atomic mass is 10.0. The average Bonchev–Trinajstić information content (AvgIpc) is 2.86. The standard InChI is InChI=1S/C16H18N2O2/c1-12(9-16(19)20-3)8-13-4-6-14(7-5-13)15-10-17-18(2)11-15/h4-7,9-11H,8H2,1-3H3/b12-9+. The van der Waals surface area contributed by atoms with Crippen LogP contribution in [0.2, 0.25) is 0 Å². The zero-order valence-electron chi connectivity index (χ0n) is 12.0. The summed E-state index contributed by atoms with van der Waals surface area (Å²) in [4.78, 5) is 11.1. The molecule has 0 bridgehead atoms. The second kappa shape index (κ2) is 6.19. The van der Waals surface area contributed by atoms with Gasteiger partial charge in [0.1, 0.15) is 0 Å². The predicted octanol–water partition coefficient (Wildman–Crippen LogP) is 2.75. The molecule has 2 rings (SSSR count). The molecule has 2 aromatic rings. The van der Waals surface area contributed by atoms with Crippen LogP contribution in [0.15, 0.2) is 48.3 Å². The number of aromatic nitrogens is 2. The molecule has 4 nitrogen and oxygen atoms in total. The van der Waals surface area contributed by atoms with Gasteiger partial charge in [0.05, 0.1) is 13.3 Å². The number of hydrogen-bond acceptors (Lipinski definition) is 3. The summed E-state index contributed by atoms with van der Waals surface area (Å²) >= 11 is 0. The number of nitrogens with zero attached hydrogens (tertiary/aromatic N) is 2. The Kier molecular flexibility index (Phi) is 4.35. The summed E-state index contributed by atoms with van der Waals surface area (Å²) in [5, 5.41) is 4.16. The Morgan fingerprint density at radius 3 is 2.55 bits per heavy atom. The van der Waals surface area contributed by atoms with Crippen LogP contribution in [-0.2, 0) is 23.0 Å². The van der Waals surface area contributed by atoms with Gasteiger partial charge in [0.15, 0.2) is 0 Å². The summed E-state index contributed by atoms with van der Waals surface area (Å²) in [6.45, 7) is 1.92. The highest BCUT2D eigenvalue weighted by Gasteiger charge is 2.02. The number of benzene rings is 1. The molecule has 1 aromatic carbocycles. The minimum Gasteiger partial charge on any atom is -0.466 e. The van der Waals surface area contributed by atoms with Crippen molar-refractivity contribution in [3.8, 4) is 11.1 Å². The van der Waals surface area contributed by atoms with Crippen LogP contribution in [0, 0.1) is 0 Å². The maximum atomic E-state index is 11.1. The van der Waals surface area contributed by atoms with E-state index in [9.17, 15) is 4.79 Å². The molecule has 0 N–H and O–H groups in total. The normalized spacial score (nSPS) is 11.4. The molecule has 0 spiro atoms. The van der Waals surface area contributed by atoms with Gasteiger partial charge < -0.3 is 4.74 Å². The van der Waals surface area contributed by atoms with E-state index in [1.807, 2.05) is 26.4 Å². The lowest BCUT2D eigenvalue weighted by Gasteiger charge is -2.03. The maximum absolute atomic E-state index is 11.1. The van der Waals surface area contributed by atoms with Crippen LogP contribution in [0.1, 0.15) is 12.5 Å². The average molecular weight is 270 g/mol. The first-order chi connectivity index (χ1) is 9.58. The first-order valence-electron chi connectivity index (χ1n) is 6.41. The summed E-state index contributed by atoms with van der Waals surface area (Å²) in [5.41, 5.74) is 4.37. The lowest BCUT2D eigenvalue weighted by molar-refractivity contribution is -0.134. The quantitative estimate of drug-likeness (QED) is 0.634. The Morgan fingerprint density at radius 1 is 1.30 bits per heavy atom. The molecule has 0 amide bonds. The summed E-state index contributed by atoms with van der Waals surface area (Å²) < 4.78 is 6.40. The SMILES string of the molecule is COC(=O)/C=C(\C)Cc1ccc(-c2cnn(C)c2)cc1. The number of esters is 1. The number of carbonyl (C=O) groups is 1. The largest absolute Gasteiger partial charge is 0.466 e. The second-order valence-corrected chi connectivity index (χ2v) is 4.79. The molecule has 0 atom stereocenters. The molecule has 0 saturated carbocycles. The summed E-state index contributed by atoms with van der Waals surface area (Å²) in [7, 11) is 3.29. The van der Waals surface area contributed by atoms with E-state index in [0.717, 1.165) is 28.7 Å². The number of carbonyl (C=O) groups excluding carboxylic acids is 1. The zero-order chi connectivity index (χ0) is 14.5. The van der Waals surface area contributed by atoms with Crippen molar-refractivity contribution in [3.63, 3.8) is 0 Å². The topological polar surface area (TPSA) is 44.1 Å². The molecule has 0 radical (unpaired) electrons. The highest BCUT2D eigenvalue weighted by atomic mass is 16.5. The van der Waals surface area contributed by atoms with Crippen molar-refractivity contribution < 1.29 is 9.53 Å². The molecule has 0 fully saturated rings. The third kappa shape index (κ3) is 3.57. The fraction of sp³-hybridized carbons (Fsp3) is 0.250. The van der Waals surface area contributed by atoms with E-state index in [1.54, 1.807) is 4.68 Å². The maximum Gasteiger partial charge on any atom is 0.330 e. The zero-order valence-corrected chi connectivity index (χ0v) is 12.0. The molecule has 0 aliphatic carbocycles. The molecule has 4 heteroatoms. The molecular formula is C16H18N2O2. The summed E-state index contributed by atoms with van der Waals surface area (Å²) in [6, 6.07) is 8.27. The third-order valence-corrected chi connectivity index (χ3v) is 3.04. The molecule has 0 aliphatic heterocycles. The number of allylic oxidation sites excluding steroid dienone is 1. The van der Waals surface area contributed by atoms with Gasteiger partial charge >= 0.3 is 5.97 Å². The third-order valence-electron chi connectivity index (χ3n) is 3.04. The molecule has 104 valence electrons. The van der Waals surface area contributed by atoms with E-state index in [0.29, 0.717) is 0 Å². The minimum absolute atomic E-state index is 0.311. The molecular weight excluding hydrogens is 252 g/mol. The van der Waals surface area contributed by atoms with Crippen LogP contribution >= 0.6 is 0 Å². The molecule has 0 saturated heterocycles. The van der Waals surface area contributed by atoms with Gasteiger partial charge in [0.25, 0.3) is 0 Å². The van der Waals surface area contributed by atoms with E-state index in [2.05, 4.69) is 34.1 Å². The van der Waals surface area contributed by atoms with Crippen molar-refractivity contribution in [2.75, 3.05) is 7.11 Å². The summed E-state index contributed by atoms with van der Waals surface area (Å²) in [5.74, 6) is -0.311. The van der Waals surface area contributed by atoms with Gasteiger partial charge in [-0.05, 0) is 24.5 Å². The van der Waals surface area contributed by atoms with Crippen molar-refractivity contribution >= 4 is 5.97 Å². The Bertz CT molecular complexity index is 624. The van der Waals surface area contributed by atoms with Crippen molar-refractivity contribution in [3.05, 3.63) is 53.9 Å². The molecule has 1 aromatic heterocycles. The number of aryl methyl sites for hydroxylation is 1. The number of ether oxygens (including phenoxy) is 1. The van der Waals surface area contributed by atoms with E-state index in [-0.39, 0.29) is 5.97 Å². The van der Waals surface area contributed by atoms with E-state index in [4.69, 9.17) is 0 Å². The minimum atomic E-state index is -0.311. The van der Waals surface area contributed by atoms with Gasteiger partial charge in [-0.2, -0.15) is 5.10 Å². The first-order valence-corrected chi connectivity index (χ1v) is 6.41. The van der Waals surface area contributed by atoms with Gasteiger partial charge in [0, 0.05) is 24.9 Å². The smallest absolute Gasteiger partial charge is 0.330 e. The van der Waals surface area contributed by atoms with Crippen LogP contribution in [-0.4, -0.2) is 22.9 Å². The molecule has 20 heavy (non-hydrogen) atoms. The van der Waals surface area contributed by atoms with Crippen molar-refractivity contribution in [1.29, 1.82) is 0 Å².